The Balaban J connectivity index is 1.98. The van der Waals surface area contributed by atoms with Gasteiger partial charge in [-0.2, -0.15) is 0 Å². The molecule has 2 heterocycles. The smallest absolute Gasteiger partial charge is 0.340 e. The highest BCUT2D eigenvalue weighted by molar-refractivity contribution is 7.80. The molecule has 0 bridgehead atoms. The second-order valence-corrected chi connectivity index (χ2v) is 7.70. The summed E-state index contributed by atoms with van der Waals surface area (Å²) >= 11 is 8.05. The Bertz CT molecular complexity index is 795. The number of aryl methyl sites for hydroxylation is 2. The summed E-state index contributed by atoms with van der Waals surface area (Å²) in [6, 6.07) is 1.72. The van der Waals surface area contributed by atoms with Crippen LogP contribution in [0.2, 0.25) is 0 Å². The number of esters is 1. The summed E-state index contributed by atoms with van der Waals surface area (Å²) in [6.07, 6.45) is 0. The molecule has 0 aliphatic rings. The van der Waals surface area contributed by atoms with E-state index in [1.165, 1.54) is 29.8 Å². The van der Waals surface area contributed by atoms with E-state index in [1.54, 1.807) is 11.4 Å². The molecule has 128 valence electrons. The number of hydrogen-bond acceptors (Lipinski definition) is 6. The van der Waals surface area contributed by atoms with Crippen molar-refractivity contribution < 1.29 is 14.3 Å². The summed E-state index contributed by atoms with van der Waals surface area (Å²) in [7, 11) is 1.32. The molecule has 0 aromatic carbocycles. The van der Waals surface area contributed by atoms with Crippen molar-refractivity contribution in [2.75, 3.05) is 12.4 Å². The standard InChI is InChI=1S/C15H17N3O3S3/c1-7-5-10(14(20)21-4)13(24-7)16-15(22)18-17-12(19)11-6-23-9(3)8(11)2/h5-6H,1-4H3,(H,17,19)(H2,16,18,22). The van der Waals surface area contributed by atoms with Crippen molar-refractivity contribution in [2.24, 2.45) is 0 Å². The summed E-state index contributed by atoms with van der Waals surface area (Å²) in [6.45, 7) is 5.74. The van der Waals surface area contributed by atoms with E-state index in [0.29, 0.717) is 16.1 Å². The van der Waals surface area contributed by atoms with E-state index < -0.39 is 5.97 Å². The molecule has 0 saturated heterocycles. The highest BCUT2D eigenvalue weighted by Crippen LogP contribution is 2.28. The SMILES string of the molecule is COC(=O)c1cc(C)sc1NC(=S)NNC(=O)c1csc(C)c1C. The summed E-state index contributed by atoms with van der Waals surface area (Å²) < 4.78 is 4.74. The number of anilines is 1. The number of carbonyl (C=O) groups is 2. The van der Waals surface area contributed by atoms with E-state index >= 15 is 0 Å². The Labute approximate surface area is 153 Å². The second-order valence-electron chi connectivity index (χ2n) is 4.96. The number of carbonyl (C=O) groups excluding carboxylic acids is 2. The van der Waals surface area contributed by atoms with Crippen molar-refractivity contribution in [2.45, 2.75) is 20.8 Å². The maximum absolute atomic E-state index is 12.1. The Morgan fingerprint density at radius 3 is 2.46 bits per heavy atom. The van der Waals surface area contributed by atoms with Gasteiger partial charge in [0.05, 0.1) is 18.2 Å². The van der Waals surface area contributed by atoms with Gasteiger partial charge in [0.2, 0.25) is 0 Å². The molecular formula is C15H17N3O3S3. The molecule has 0 fully saturated rings. The van der Waals surface area contributed by atoms with Crippen molar-refractivity contribution in [1.29, 1.82) is 0 Å². The van der Waals surface area contributed by atoms with Crippen molar-refractivity contribution in [3.8, 4) is 0 Å². The molecule has 0 unspecified atom stereocenters. The maximum Gasteiger partial charge on any atom is 0.340 e. The lowest BCUT2D eigenvalue weighted by Crippen LogP contribution is -2.43. The van der Waals surface area contributed by atoms with Crippen LogP contribution in [0.4, 0.5) is 5.00 Å². The third-order valence-corrected chi connectivity index (χ3v) is 5.49. The number of rotatable bonds is 3. The molecule has 2 aromatic rings. The Kier molecular flexibility index (Phi) is 5.92. The topological polar surface area (TPSA) is 79.5 Å². The number of hydrogen-bond donors (Lipinski definition) is 3. The monoisotopic (exact) mass is 383 g/mol. The number of amides is 1. The molecule has 0 saturated carbocycles. The van der Waals surface area contributed by atoms with Crippen molar-refractivity contribution >= 4 is 56.9 Å². The number of nitrogens with one attached hydrogen (secondary N) is 3. The van der Waals surface area contributed by atoms with Gasteiger partial charge in [0.1, 0.15) is 5.00 Å². The average Bonchev–Trinajstić information content (AvgIpc) is 3.07. The lowest BCUT2D eigenvalue weighted by molar-refractivity contribution is 0.0602. The molecule has 0 aliphatic heterocycles. The van der Waals surface area contributed by atoms with Crippen LogP contribution in [0.25, 0.3) is 0 Å². The molecule has 6 nitrogen and oxygen atoms in total. The van der Waals surface area contributed by atoms with E-state index in [-0.39, 0.29) is 11.0 Å². The summed E-state index contributed by atoms with van der Waals surface area (Å²) in [5.74, 6) is -0.713. The minimum Gasteiger partial charge on any atom is -0.465 e. The fraction of sp³-hybridized carbons (Fsp3) is 0.267. The van der Waals surface area contributed by atoms with Crippen molar-refractivity contribution in [1.82, 2.24) is 10.9 Å². The van der Waals surface area contributed by atoms with Gasteiger partial charge in [-0.3, -0.25) is 15.6 Å². The van der Waals surface area contributed by atoms with Gasteiger partial charge in [0.15, 0.2) is 5.11 Å². The minimum absolute atomic E-state index is 0.181. The van der Waals surface area contributed by atoms with Gasteiger partial charge in [0, 0.05) is 15.1 Å². The van der Waals surface area contributed by atoms with E-state index in [9.17, 15) is 9.59 Å². The molecular weight excluding hydrogens is 366 g/mol. The molecule has 0 aliphatic carbocycles. The Hall–Kier alpha value is -1.97. The zero-order valence-corrected chi connectivity index (χ0v) is 16.1. The zero-order valence-electron chi connectivity index (χ0n) is 13.6. The summed E-state index contributed by atoms with van der Waals surface area (Å²) in [4.78, 5) is 25.9. The highest BCUT2D eigenvalue weighted by Gasteiger charge is 2.17. The Morgan fingerprint density at radius 1 is 1.17 bits per heavy atom. The van der Waals surface area contributed by atoms with Gasteiger partial charge in [-0.05, 0) is 44.6 Å². The number of thiocarbonyl (C=S) groups is 1. The third-order valence-electron chi connectivity index (χ3n) is 3.31. The van der Waals surface area contributed by atoms with Gasteiger partial charge in [-0.25, -0.2) is 4.79 Å². The molecule has 0 radical (unpaired) electrons. The van der Waals surface area contributed by atoms with Crippen LogP contribution in [-0.2, 0) is 4.74 Å². The van der Waals surface area contributed by atoms with E-state index in [4.69, 9.17) is 17.0 Å². The van der Waals surface area contributed by atoms with E-state index in [2.05, 4.69) is 16.2 Å². The molecule has 2 rings (SSSR count). The first kappa shape index (κ1) is 18.4. The molecule has 0 atom stereocenters. The van der Waals surface area contributed by atoms with Gasteiger partial charge < -0.3 is 10.1 Å². The van der Waals surface area contributed by atoms with E-state index in [0.717, 1.165) is 15.3 Å². The van der Waals surface area contributed by atoms with Crippen LogP contribution in [-0.4, -0.2) is 24.1 Å². The molecule has 0 spiro atoms. The van der Waals surface area contributed by atoms with Crippen LogP contribution in [0.1, 0.15) is 36.0 Å². The normalized spacial score (nSPS) is 10.2. The summed E-state index contributed by atoms with van der Waals surface area (Å²) in [5, 5.41) is 5.44. The lowest BCUT2D eigenvalue weighted by Gasteiger charge is -2.11. The van der Waals surface area contributed by atoms with Crippen molar-refractivity contribution in [3.05, 3.63) is 37.9 Å². The largest absolute Gasteiger partial charge is 0.465 e. The maximum atomic E-state index is 12.1. The van der Waals surface area contributed by atoms with Gasteiger partial charge >= 0.3 is 5.97 Å². The van der Waals surface area contributed by atoms with Crippen LogP contribution >= 0.6 is 34.9 Å². The van der Waals surface area contributed by atoms with Crippen LogP contribution in [0.5, 0.6) is 0 Å². The first-order chi connectivity index (χ1) is 11.3. The Morgan fingerprint density at radius 2 is 1.88 bits per heavy atom. The molecule has 3 N–H and O–H groups in total. The molecule has 9 heteroatoms. The average molecular weight is 384 g/mol. The quantitative estimate of drug-likeness (QED) is 0.429. The van der Waals surface area contributed by atoms with Crippen LogP contribution in [0.3, 0.4) is 0 Å². The lowest BCUT2D eigenvalue weighted by atomic mass is 10.2. The fourth-order valence-electron chi connectivity index (χ4n) is 1.92. The van der Waals surface area contributed by atoms with E-state index in [1.807, 2.05) is 20.8 Å². The van der Waals surface area contributed by atoms with Gasteiger partial charge in [-0.1, -0.05) is 0 Å². The molecule has 2 aromatic heterocycles. The second kappa shape index (κ2) is 7.73. The van der Waals surface area contributed by atoms with Crippen LogP contribution in [0, 0.1) is 20.8 Å². The fourth-order valence-corrected chi connectivity index (χ4v) is 3.91. The third kappa shape index (κ3) is 4.11. The van der Waals surface area contributed by atoms with Gasteiger partial charge in [-0.15, -0.1) is 22.7 Å². The van der Waals surface area contributed by atoms with Crippen LogP contribution in [0.15, 0.2) is 11.4 Å². The number of hydrazine groups is 1. The minimum atomic E-state index is -0.446. The first-order valence-electron chi connectivity index (χ1n) is 6.94. The number of ether oxygens (including phenoxy) is 1. The zero-order chi connectivity index (χ0) is 17.9. The first-order valence-corrected chi connectivity index (χ1v) is 9.04. The summed E-state index contributed by atoms with van der Waals surface area (Å²) in [5.41, 5.74) is 7.14. The highest BCUT2D eigenvalue weighted by atomic mass is 32.1. The predicted octanol–water partition coefficient (Wildman–Crippen LogP) is 3.15. The van der Waals surface area contributed by atoms with Crippen molar-refractivity contribution in [3.63, 3.8) is 0 Å². The number of methoxy groups -OCH3 is 1. The van der Waals surface area contributed by atoms with Crippen LogP contribution < -0.4 is 16.2 Å². The van der Waals surface area contributed by atoms with Gasteiger partial charge in [0.25, 0.3) is 5.91 Å². The predicted molar refractivity (Wildman–Crippen MR) is 101 cm³/mol. The number of thiophene rings is 2. The molecule has 24 heavy (non-hydrogen) atoms. The molecule has 1 amide bonds.